The van der Waals surface area contributed by atoms with Gasteiger partial charge in [-0.3, -0.25) is 9.59 Å². The van der Waals surface area contributed by atoms with Gasteiger partial charge in [0.25, 0.3) is 0 Å². The summed E-state index contributed by atoms with van der Waals surface area (Å²) in [6, 6.07) is 15.9. The lowest BCUT2D eigenvalue weighted by Crippen LogP contribution is -2.31. The third-order valence-corrected chi connectivity index (χ3v) is 5.21. The molecule has 1 aliphatic rings. The van der Waals surface area contributed by atoms with Crippen molar-refractivity contribution in [3.63, 3.8) is 0 Å². The maximum Gasteiger partial charge on any atom is 0.308 e. The minimum atomic E-state index is -0.869. The van der Waals surface area contributed by atoms with Crippen molar-refractivity contribution in [3.05, 3.63) is 71.5 Å². The lowest BCUT2D eigenvalue weighted by atomic mass is 9.89. The number of carboxylic acids is 1. The number of carbonyl (C=O) groups excluding carboxylic acids is 1. The molecule has 4 nitrogen and oxygen atoms in total. The van der Waals surface area contributed by atoms with Crippen LogP contribution in [0.2, 0.25) is 0 Å². The molecule has 1 aliphatic heterocycles. The number of hydrogen-bond acceptors (Lipinski definition) is 2. The summed E-state index contributed by atoms with van der Waals surface area (Å²) in [5.74, 6) is -1.91. The molecule has 1 amide bonds. The molecular formula is C22H24FNO3. The van der Waals surface area contributed by atoms with E-state index in [0.29, 0.717) is 19.4 Å². The van der Waals surface area contributed by atoms with E-state index in [9.17, 15) is 19.1 Å². The van der Waals surface area contributed by atoms with Crippen molar-refractivity contribution < 1.29 is 19.1 Å². The van der Waals surface area contributed by atoms with Crippen LogP contribution in [0.4, 0.5) is 4.39 Å². The van der Waals surface area contributed by atoms with E-state index in [-0.39, 0.29) is 30.1 Å². The Kier molecular flexibility index (Phi) is 5.89. The van der Waals surface area contributed by atoms with Gasteiger partial charge in [-0.25, -0.2) is 4.39 Å². The largest absolute Gasteiger partial charge is 0.481 e. The van der Waals surface area contributed by atoms with Crippen LogP contribution < -0.4 is 0 Å². The van der Waals surface area contributed by atoms with E-state index in [1.807, 2.05) is 43.3 Å². The van der Waals surface area contributed by atoms with Crippen molar-refractivity contribution in [2.45, 2.75) is 25.7 Å². The van der Waals surface area contributed by atoms with Gasteiger partial charge in [0.1, 0.15) is 5.82 Å². The first-order chi connectivity index (χ1) is 12.9. The molecule has 1 saturated heterocycles. The molecule has 3 unspecified atom stereocenters. The molecule has 0 spiro atoms. The summed E-state index contributed by atoms with van der Waals surface area (Å²) in [6.45, 7) is 2.62. The highest BCUT2D eigenvalue weighted by molar-refractivity contribution is 5.79. The fraction of sp³-hybridized carbons (Fsp3) is 0.364. The average Bonchev–Trinajstić information content (AvgIpc) is 3.08. The molecule has 0 aliphatic carbocycles. The van der Waals surface area contributed by atoms with Gasteiger partial charge in [-0.1, -0.05) is 49.4 Å². The molecule has 1 heterocycles. The van der Waals surface area contributed by atoms with Crippen molar-refractivity contribution in [3.8, 4) is 0 Å². The lowest BCUT2D eigenvalue weighted by Gasteiger charge is -2.19. The van der Waals surface area contributed by atoms with E-state index >= 15 is 0 Å². The molecule has 5 heteroatoms. The highest BCUT2D eigenvalue weighted by Gasteiger charge is 2.40. The Morgan fingerprint density at radius 3 is 2.56 bits per heavy atom. The molecule has 1 fully saturated rings. The zero-order valence-electron chi connectivity index (χ0n) is 15.3. The maximum atomic E-state index is 13.3. The van der Waals surface area contributed by atoms with Crippen molar-refractivity contribution in [1.82, 2.24) is 4.90 Å². The Balaban J connectivity index is 1.63. The SMILES string of the molecule is CC(CC(=O)N1CC(C(=O)O)C(c2ccccc2)C1)Cc1cccc(F)c1. The van der Waals surface area contributed by atoms with Crippen LogP contribution in [0, 0.1) is 17.7 Å². The highest BCUT2D eigenvalue weighted by Crippen LogP contribution is 2.33. The second kappa shape index (κ2) is 8.33. The number of aliphatic carboxylic acids is 1. The predicted molar refractivity (Wildman–Crippen MR) is 101 cm³/mol. The fourth-order valence-corrected chi connectivity index (χ4v) is 3.86. The number of benzene rings is 2. The molecular weight excluding hydrogens is 345 g/mol. The monoisotopic (exact) mass is 369 g/mol. The molecule has 3 rings (SSSR count). The Bertz CT molecular complexity index is 808. The second-order valence-electron chi connectivity index (χ2n) is 7.40. The second-order valence-corrected chi connectivity index (χ2v) is 7.40. The van der Waals surface area contributed by atoms with Gasteiger partial charge in [-0.05, 0) is 35.6 Å². The summed E-state index contributed by atoms with van der Waals surface area (Å²) in [6.07, 6.45) is 0.937. The van der Waals surface area contributed by atoms with Crippen LogP contribution in [-0.4, -0.2) is 35.0 Å². The van der Waals surface area contributed by atoms with Crippen LogP contribution in [-0.2, 0) is 16.0 Å². The van der Waals surface area contributed by atoms with Crippen LogP contribution in [0.25, 0.3) is 0 Å². The number of hydrogen-bond donors (Lipinski definition) is 1. The minimum Gasteiger partial charge on any atom is -0.481 e. The van der Waals surface area contributed by atoms with Crippen molar-refractivity contribution in [2.75, 3.05) is 13.1 Å². The first-order valence-electron chi connectivity index (χ1n) is 9.24. The van der Waals surface area contributed by atoms with Gasteiger partial charge >= 0.3 is 5.97 Å². The zero-order valence-corrected chi connectivity index (χ0v) is 15.3. The van der Waals surface area contributed by atoms with Crippen molar-refractivity contribution in [1.29, 1.82) is 0 Å². The number of rotatable bonds is 6. The predicted octanol–water partition coefficient (Wildman–Crippen LogP) is 3.72. The van der Waals surface area contributed by atoms with Gasteiger partial charge in [0, 0.05) is 25.4 Å². The number of carbonyl (C=O) groups is 2. The molecule has 0 aromatic heterocycles. The summed E-state index contributed by atoms with van der Waals surface area (Å²) in [5, 5.41) is 9.57. The molecule has 142 valence electrons. The minimum absolute atomic E-state index is 0.0383. The fourth-order valence-electron chi connectivity index (χ4n) is 3.86. The topological polar surface area (TPSA) is 57.6 Å². The molecule has 2 aromatic rings. The van der Waals surface area contributed by atoms with Gasteiger partial charge in [-0.15, -0.1) is 0 Å². The Morgan fingerprint density at radius 1 is 1.15 bits per heavy atom. The lowest BCUT2D eigenvalue weighted by molar-refractivity contribution is -0.141. The molecule has 3 atom stereocenters. The molecule has 0 bridgehead atoms. The maximum absolute atomic E-state index is 13.3. The quantitative estimate of drug-likeness (QED) is 0.844. The Labute approximate surface area is 158 Å². The molecule has 0 radical (unpaired) electrons. The van der Waals surface area contributed by atoms with Gasteiger partial charge in [0.15, 0.2) is 0 Å². The average molecular weight is 369 g/mol. The van der Waals surface area contributed by atoms with E-state index in [1.54, 1.807) is 11.0 Å². The third kappa shape index (κ3) is 4.73. The van der Waals surface area contributed by atoms with Crippen molar-refractivity contribution >= 4 is 11.9 Å². The summed E-state index contributed by atoms with van der Waals surface area (Å²) < 4.78 is 13.3. The molecule has 27 heavy (non-hydrogen) atoms. The summed E-state index contributed by atoms with van der Waals surface area (Å²) in [5.41, 5.74) is 1.82. The van der Waals surface area contributed by atoms with E-state index in [0.717, 1.165) is 11.1 Å². The van der Waals surface area contributed by atoms with E-state index in [1.165, 1.54) is 12.1 Å². The Hall–Kier alpha value is -2.69. The Morgan fingerprint density at radius 2 is 1.89 bits per heavy atom. The van der Waals surface area contributed by atoms with Crippen molar-refractivity contribution in [2.24, 2.45) is 11.8 Å². The molecule has 0 saturated carbocycles. The summed E-state index contributed by atoms with van der Waals surface area (Å²) >= 11 is 0. The third-order valence-electron chi connectivity index (χ3n) is 5.21. The van der Waals surface area contributed by atoms with E-state index in [2.05, 4.69) is 0 Å². The number of halogens is 1. The van der Waals surface area contributed by atoms with Crippen LogP contribution in [0.15, 0.2) is 54.6 Å². The van der Waals surface area contributed by atoms with Crippen LogP contribution in [0.5, 0.6) is 0 Å². The van der Waals surface area contributed by atoms with Gasteiger partial charge in [0.2, 0.25) is 5.91 Å². The standard InChI is InChI=1S/C22H24FNO3/c1-15(10-16-6-5-9-18(23)12-16)11-21(25)24-13-19(20(14-24)22(26)27)17-7-3-2-4-8-17/h2-9,12,15,19-20H,10-11,13-14H2,1H3,(H,26,27). The molecule has 2 aromatic carbocycles. The molecule has 1 N–H and O–H groups in total. The number of likely N-dealkylation sites (tertiary alicyclic amines) is 1. The van der Waals surface area contributed by atoms with Gasteiger partial charge in [0.05, 0.1) is 5.92 Å². The summed E-state index contributed by atoms with van der Waals surface area (Å²) in [4.78, 5) is 26.1. The number of amides is 1. The smallest absolute Gasteiger partial charge is 0.308 e. The van der Waals surface area contributed by atoms with Gasteiger partial charge in [-0.2, -0.15) is 0 Å². The number of nitrogens with zero attached hydrogens (tertiary/aromatic N) is 1. The normalized spacial score (nSPS) is 20.4. The van der Waals surface area contributed by atoms with Crippen LogP contribution in [0.3, 0.4) is 0 Å². The zero-order chi connectivity index (χ0) is 19.4. The van der Waals surface area contributed by atoms with Crippen LogP contribution >= 0.6 is 0 Å². The first-order valence-corrected chi connectivity index (χ1v) is 9.24. The number of carboxylic acid groups (broad SMARTS) is 1. The van der Waals surface area contributed by atoms with E-state index in [4.69, 9.17) is 0 Å². The first kappa shape index (κ1) is 19.1. The highest BCUT2D eigenvalue weighted by atomic mass is 19.1. The van der Waals surface area contributed by atoms with E-state index < -0.39 is 11.9 Å². The van der Waals surface area contributed by atoms with Crippen LogP contribution in [0.1, 0.15) is 30.4 Å². The van der Waals surface area contributed by atoms with Gasteiger partial charge < -0.3 is 10.0 Å². The summed E-state index contributed by atoms with van der Waals surface area (Å²) in [7, 11) is 0.